The predicted octanol–water partition coefficient (Wildman–Crippen LogP) is 12.1. The lowest BCUT2D eigenvalue weighted by atomic mass is 9.77. The normalized spacial score (nSPS) is 19.0. The second kappa shape index (κ2) is 10.9. The average Bonchev–Trinajstić information content (AvgIpc) is 3.74. The molecule has 4 heteroatoms. The van der Waals surface area contributed by atoms with Crippen molar-refractivity contribution in [3.8, 4) is 45.3 Å². The molecule has 2 aliphatic carbocycles. The monoisotopic (exact) mass is 649 g/mol. The molecule has 0 spiro atoms. The van der Waals surface area contributed by atoms with E-state index in [9.17, 15) is 0 Å². The molecule has 244 valence electrons. The molecule has 0 amide bonds. The number of rotatable bonds is 4. The lowest BCUT2D eigenvalue weighted by molar-refractivity contribution is 0.553. The zero-order chi connectivity index (χ0) is 34.4. The molecular weight excluding hydrogens is 611 g/mol. The van der Waals surface area contributed by atoms with Crippen molar-refractivity contribution < 1.29 is 4.42 Å². The third-order valence-corrected chi connectivity index (χ3v) is 11.4. The molecule has 2 aromatic heterocycles. The third kappa shape index (κ3) is 4.14. The molecule has 0 saturated carbocycles. The van der Waals surface area contributed by atoms with Gasteiger partial charge in [-0.15, -0.1) is 0 Å². The minimum absolute atomic E-state index is 0.131. The van der Waals surface area contributed by atoms with Gasteiger partial charge in [-0.3, -0.25) is 0 Å². The van der Waals surface area contributed by atoms with Crippen LogP contribution in [0.4, 0.5) is 0 Å². The highest BCUT2D eigenvalue weighted by Crippen LogP contribution is 2.55. The Bertz CT molecular complexity index is 2590. The van der Waals surface area contributed by atoms with Gasteiger partial charge in [0.05, 0.1) is 0 Å². The largest absolute Gasteiger partial charge is 0.456 e. The Balaban J connectivity index is 1.28. The van der Waals surface area contributed by atoms with Crippen molar-refractivity contribution in [3.05, 3.63) is 143 Å². The fourth-order valence-corrected chi connectivity index (χ4v) is 8.76. The number of hydrogen-bond donors (Lipinski definition) is 0. The summed E-state index contributed by atoms with van der Waals surface area (Å²) in [6.07, 6.45) is 5.49. The topological polar surface area (TPSA) is 51.8 Å². The number of allylic oxidation sites excluding steroid dienone is 4. The van der Waals surface area contributed by atoms with Gasteiger partial charge in [-0.1, -0.05) is 125 Å². The maximum absolute atomic E-state index is 6.85. The van der Waals surface area contributed by atoms with E-state index in [4.69, 9.17) is 19.4 Å². The Morgan fingerprint density at radius 3 is 2.06 bits per heavy atom. The zero-order valence-corrected chi connectivity index (χ0v) is 29.4. The van der Waals surface area contributed by atoms with Gasteiger partial charge in [0.25, 0.3) is 0 Å². The van der Waals surface area contributed by atoms with Crippen LogP contribution in [0, 0.1) is 0 Å². The van der Waals surface area contributed by atoms with E-state index >= 15 is 0 Å². The van der Waals surface area contributed by atoms with Crippen LogP contribution in [0.25, 0.3) is 72.8 Å². The van der Waals surface area contributed by atoms with E-state index in [0.29, 0.717) is 17.5 Å². The maximum Gasteiger partial charge on any atom is 0.164 e. The summed E-state index contributed by atoms with van der Waals surface area (Å²) >= 11 is 0. The average molecular weight is 650 g/mol. The first-order chi connectivity index (χ1) is 24.3. The molecule has 0 fully saturated rings. The van der Waals surface area contributed by atoms with E-state index in [1.54, 1.807) is 0 Å². The summed E-state index contributed by atoms with van der Waals surface area (Å²) in [7, 11) is 0. The SMILES string of the molecule is C/C=C1\C(=C/C)c2ccc3c(oc4cccc(-c5nc(-c6ccccc6)nc(-c6ccc7c(c6)C(C)(C)c6ccccc6-7)n5)c43)c2C1(C)CC. The summed E-state index contributed by atoms with van der Waals surface area (Å²) < 4.78 is 6.85. The Hall–Kier alpha value is -5.61. The van der Waals surface area contributed by atoms with Gasteiger partial charge in [0.2, 0.25) is 0 Å². The predicted molar refractivity (Wildman–Crippen MR) is 206 cm³/mol. The number of nitrogens with zero attached hydrogens (tertiary/aromatic N) is 3. The van der Waals surface area contributed by atoms with Gasteiger partial charge in [-0.2, -0.15) is 0 Å². The molecule has 4 nitrogen and oxygen atoms in total. The number of hydrogen-bond acceptors (Lipinski definition) is 4. The second-order valence-corrected chi connectivity index (χ2v) is 14.3. The smallest absolute Gasteiger partial charge is 0.164 e. The van der Waals surface area contributed by atoms with Crippen LogP contribution in [0.15, 0.2) is 125 Å². The van der Waals surface area contributed by atoms with Crippen LogP contribution in [0.1, 0.15) is 70.2 Å². The fourth-order valence-electron chi connectivity index (χ4n) is 8.76. The molecule has 7 aromatic rings. The first-order valence-electron chi connectivity index (χ1n) is 17.7. The van der Waals surface area contributed by atoms with E-state index in [1.165, 1.54) is 44.5 Å². The summed E-state index contributed by atoms with van der Waals surface area (Å²) in [5.41, 5.74) is 14.8. The molecule has 9 rings (SSSR count). The number of benzene rings is 5. The summed E-state index contributed by atoms with van der Waals surface area (Å²) in [5.74, 6) is 1.93. The van der Waals surface area contributed by atoms with Crippen molar-refractivity contribution in [1.82, 2.24) is 15.0 Å². The van der Waals surface area contributed by atoms with Crippen LogP contribution >= 0.6 is 0 Å². The molecule has 0 N–H and O–H groups in total. The molecule has 0 bridgehead atoms. The van der Waals surface area contributed by atoms with E-state index in [-0.39, 0.29) is 10.8 Å². The van der Waals surface area contributed by atoms with Crippen molar-refractivity contribution in [2.24, 2.45) is 0 Å². The summed E-state index contributed by atoms with van der Waals surface area (Å²) in [4.78, 5) is 15.5. The molecule has 50 heavy (non-hydrogen) atoms. The minimum Gasteiger partial charge on any atom is -0.456 e. The van der Waals surface area contributed by atoms with Gasteiger partial charge in [0.1, 0.15) is 11.2 Å². The van der Waals surface area contributed by atoms with Gasteiger partial charge in [0, 0.05) is 43.9 Å². The number of fused-ring (bicyclic) bond motifs is 8. The van der Waals surface area contributed by atoms with E-state index in [2.05, 4.69) is 139 Å². The van der Waals surface area contributed by atoms with Crippen LogP contribution in [-0.4, -0.2) is 15.0 Å². The highest BCUT2D eigenvalue weighted by molar-refractivity contribution is 6.14. The van der Waals surface area contributed by atoms with E-state index < -0.39 is 0 Å². The Kier molecular flexibility index (Phi) is 6.67. The highest BCUT2D eigenvalue weighted by Gasteiger charge is 2.42. The molecule has 2 aliphatic rings. The Morgan fingerprint density at radius 1 is 0.620 bits per heavy atom. The van der Waals surface area contributed by atoms with Gasteiger partial charge in [-0.25, -0.2) is 15.0 Å². The van der Waals surface area contributed by atoms with Gasteiger partial charge in [0.15, 0.2) is 17.5 Å². The zero-order valence-electron chi connectivity index (χ0n) is 29.4. The van der Waals surface area contributed by atoms with Gasteiger partial charge in [-0.05, 0) is 77.4 Å². The molecule has 0 radical (unpaired) electrons. The Labute approximate surface area is 293 Å². The van der Waals surface area contributed by atoms with Crippen molar-refractivity contribution in [2.75, 3.05) is 0 Å². The molecule has 0 saturated heterocycles. The first-order valence-corrected chi connectivity index (χ1v) is 17.7. The van der Waals surface area contributed by atoms with Crippen LogP contribution in [0.2, 0.25) is 0 Å². The summed E-state index contributed by atoms with van der Waals surface area (Å²) in [6.45, 7) is 13.5. The standard InChI is InChI=1S/C46H39N3O/c1-7-29-32-24-25-33-39-34(19-15-21-38(39)50-41(33)40(32)46(6,9-3)35(29)8-2)44-48-42(27-16-11-10-12-17-27)47-43(49-44)28-22-23-31-30-18-13-14-20-36(30)45(4,5)37(31)26-28/h7-8,10-26H,9H2,1-6H3/b29-7-,35-8+. The van der Waals surface area contributed by atoms with Gasteiger partial charge >= 0.3 is 0 Å². The number of aromatic nitrogens is 3. The van der Waals surface area contributed by atoms with Crippen LogP contribution in [-0.2, 0) is 10.8 Å². The highest BCUT2D eigenvalue weighted by atomic mass is 16.3. The second-order valence-electron chi connectivity index (χ2n) is 14.3. The molecule has 1 atom stereocenters. The van der Waals surface area contributed by atoms with E-state index in [1.807, 2.05) is 18.2 Å². The van der Waals surface area contributed by atoms with E-state index in [0.717, 1.165) is 45.0 Å². The maximum atomic E-state index is 6.85. The van der Waals surface area contributed by atoms with Crippen molar-refractivity contribution >= 4 is 27.5 Å². The minimum atomic E-state index is -0.151. The van der Waals surface area contributed by atoms with Crippen LogP contribution in [0.3, 0.4) is 0 Å². The van der Waals surface area contributed by atoms with Crippen molar-refractivity contribution in [3.63, 3.8) is 0 Å². The van der Waals surface area contributed by atoms with Crippen LogP contribution in [0.5, 0.6) is 0 Å². The van der Waals surface area contributed by atoms with Crippen molar-refractivity contribution in [2.45, 2.75) is 58.8 Å². The molecule has 1 unspecified atom stereocenters. The Morgan fingerprint density at radius 2 is 1.30 bits per heavy atom. The molecule has 5 aromatic carbocycles. The summed E-state index contributed by atoms with van der Waals surface area (Å²) in [6, 6.07) is 36.3. The molecule has 0 aliphatic heterocycles. The fraction of sp³-hybridized carbons (Fsp3) is 0.196. The lowest BCUT2D eigenvalue weighted by Crippen LogP contribution is -2.19. The quantitative estimate of drug-likeness (QED) is 0.190. The lowest BCUT2D eigenvalue weighted by Gasteiger charge is -2.26. The van der Waals surface area contributed by atoms with Crippen LogP contribution < -0.4 is 0 Å². The third-order valence-electron chi connectivity index (χ3n) is 11.4. The van der Waals surface area contributed by atoms with Gasteiger partial charge < -0.3 is 4.42 Å². The number of furan rings is 1. The molecule has 2 heterocycles. The van der Waals surface area contributed by atoms with Crippen molar-refractivity contribution in [1.29, 1.82) is 0 Å². The summed E-state index contributed by atoms with van der Waals surface area (Å²) in [5, 5.41) is 2.11. The first kappa shape index (κ1) is 30.4. The molecular formula is C46H39N3O.